The third-order valence-corrected chi connectivity index (χ3v) is 3.13. The Morgan fingerprint density at radius 1 is 1.41 bits per heavy atom. The summed E-state index contributed by atoms with van der Waals surface area (Å²) in [6.45, 7) is 7.40. The Morgan fingerprint density at radius 2 is 2.06 bits per heavy atom. The highest BCUT2D eigenvalue weighted by Crippen LogP contribution is 2.36. The Labute approximate surface area is 102 Å². The van der Waals surface area contributed by atoms with Crippen molar-refractivity contribution < 1.29 is 14.3 Å². The van der Waals surface area contributed by atoms with E-state index in [1.165, 1.54) is 0 Å². The molecule has 1 fully saturated rings. The van der Waals surface area contributed by atoms with E-state index in [2.05, 4.69) is 0 Å². The van der Waals surface area contributed by atoms with Gasteiger partial charge >= 0.3 is 5.97 Å². The number of carbonyl (C=O) groups excluding carboxylic acids is 2. The van der Waals surface area contributed by atoms with Crippen LogP contribution in [0.5, 0.6) is 0 Å². The molecule has 2 aliphatic heterocycles. The summed E-state index contributed by atoms with van der Waals surface area (Å²) in [6, 6.07) is 0.216. The molecule has 0 aliphatic carbocycles. The molecule has 4 heteroatoms. The van der Waals surface area contributed by atoms with Gasteiger partial charge in [0.2, 0.25) is 5.91 Å². The van der Waals surface area contributed by atoms with Crippen molar-refractivity contribution in [3.63, 3.8) is 0 Å². The van der Waals surface area contributed by atoms with Crippen LogP contribution in [0.3, 0.4) is 0 Å². The summed E-state index contributed by atoms with van der Waals surface area (Å²) in [6.07, 6.45) is 2.41. The Balaban J connectivity index is 2.22. The molecule has 1 atom stereocenters. The quantitative estimate of drug-likeness (QED) is 0.517. The van der Waals surface area contributed by atoms with Gasteiger partial charge in [-0.2, -0.15) is 0 Å². The molecule has 0 radical (unpaired) electrons. The molecule has 1 amide bonds. The standard InChI is InChI=1S/C13H19NO3/c1-8-5-6-9-7-10(15)14(9)11(8)12(16)17-13(2,3)4/h9H,5-7H2,1-4H3. The largest absolute Gasteiger partial charge is 0.455 e. The SMILES string of the molecule is CC1=C(C(=O)OC(C)(C)C)N2C(=O)CC2CC1. The number of esters is 1. The molecule has 2 aliphatic rings. The number of hydrogen-bond donors (Lipinski definition) is 0. The number of fused-ring (bicyclic) bond motifs is 1. The van der Waals surface area contributed by atoms with E-state index >= 15 is 0 Å². The summed E-state index contributed by atoms with van der Waals surface area (Å²) in [5.74, 6) is -0.331. The van der Waals surface area contributed by atoms with Crippen molar-refractivity contribution in [1.29, 1.82) is 0 Å². The van der Waals surface area contributed by atoms with E-state index in [4.69, 9.17) is 4.74 Å². The van der Waals surface area contributed by atoms with E-state index in [-0.39, 0.29) is 17.9 Å². The molecule has 0 aromatic rings. The molecule has 4 nitrogen and oxygen atoms in total. The van der Waals surface area contributed by atoms with Gasteiger partial charge in [0.15, 0.2) is 0 Å². The zero-order chi connectivity index (χ0) is 12.8. The van der Waals surface area contributed by atoms with Crippen molar-refractivity contribution in [2.45, 2.75) is 58.6 Å². The summed E-state index contributed by atoms with van der Waals surface area (Å²) in [5, 5.41) is 0. The Hall–Kier alpha value is -1.32. The molecule has 0 bridgehead atoms. The molecule has 2 heterocycles. The fourth-order valence-electron chi connectivity index (χ4n) is 2.33. The smallest absolute Gasteiger partial charge is 0.355 e. The number of hydrogen-bond acceptors (Lipinski definition) is 3. The molecule has 1 saturated heterocycles. The second kappa shape index (κ2) is 3.86. The molecule has 2 rings (SSSR count). The molecule has 0 spiro atoms. The molecule has 1 unspecified atom stereocenters. The Bertz CT molecular complexity index is 403. The van der Waals surface area contributed by atoms with Crippen LogP contribution in [0.4, 0.5) is 0 Å². The van der Waals surface area contributed by atoms with Crippen LogP contribution in [-0.4, -0.2) is 28.4 Å². The van der Waals surface area contributed by atoms with Crippen LogP contribution in [0.2, 0.25) is 0 Å². The van der Waals surface area contributed by atoms with Gasteiger partial charge in [-0.15, -0.1) is 0 Å². The predicted molar refractivity (Wildman–Crippen MR) is 63.0 cm³/mol. The van der Waals surface area contributed by atoms with E-state index in [0.717, 1.165) is 18.4 Å². The van der Waals surface area contributed by atoms with Gasteiger partial charge in [-0.3, -0.25) is 4.79 Å². The van der Waals surface area contributed by atoms with Gasteiger partial charge in [-0.25, -0.2) is 4.79 Å². The van der Waals surface area contributed by atoms with Gasteiger partial charge < -0.3 is 9.64 Å². The minimum atomic E-state index is -0.523. The van der Waals surface area contributed by atoms with Crippen LogP contribution in [0.1, 0.15) is 47.0 Å². The highest BCUT2D eigenvalue weighted by Gasteiger charge is 2.44. The van der Waals surface area contributed by atoms with E-state index in [1.807, 2.05) is 27.7 Å². The van der Waals surface area contributed by atoms with Gasteiger partial charge in [0, 0.05) is 12.5 Å². The third kappa shape index (κ3) is 2.21. The van der Waals surface area contributed by atoms with Crippen molar-refractivity contribution in [1.82, 2.24) is 4.90 Å². The molecule has 0 aromatic carbocycles. The molecule has 0 N–H and O–H groups in total. The van der Waals surface area contributed by atoms with Crippen LogP contribution >= 0.6 is 0 Å². The average Bonchev–Trinajstić information content (AvgIpc) is 2.16. The van der Waals surface area contributed by atoms with Crippen LogP contribution in [0.25, 0.3) is 0 Å². The number of nitrogens with zero attached hydrogens (tertiary/aromatic N) is 1. The lowest BCUT2D eigenvalue weighted by atomic mass is 9.88. The first-order chi connectivity index (χ1) is 7.79. The summed E-state index contributed by atoms with van der Waals surface area (Å²) >= 11 is 0. The number of rotatable bonds is 1. The molecule has 0 saturated carbocycles. The van der Waals surface area contributed by atoms with Gasteiger partial charge in [0.25, 0.3) is 0 Å². The zero-order valence-electron chi connectivity index (χ0n) is 10.9. The van der Waals surface area contributed by atoms with Crippen molar-refractivity contribution >= 4 is 11.9 Å². The van der Waals surface area contributed by atoms with Gasteiger partial charge in [-0.05, 0) is 46.1 Å². The van der Waals surface area contributed by atoms with Crippen LogP contribution in [0.15, 0.2) is 11.3 Å². The van der Waals surface area contributed by atoms with Gasteiger partial charge in [0.05, 0.1) is 0 Å². The highest BCUT2D eigenvalue weighted by molar-refractivity contribution is 5.98. The summed E-state index contributed by atoms with van der Waals surface area (Å²) in [5.41, 5.74) is 0.918. The zero-order valence-corrected chi connectivity index (χ0v) is 10.9. The maximum atomic E-state index is 12.1. The topological polar surface area (TPSA) is 46.6 Å². The maximum Gasteiger partial charge on any atom is 0.355 e. The minimum Gasteiger partial charge on any atom is -0.455 e. The molecular formula is C13H19NO3. The predicted octanol–water partition coefficient (Wildman–Crippen LogP) is 2.00. The number of ether oxygens (including phenoxy) is 1. The fourth-order valence-corrected chi connectivity index (χ4v) is 2.33. The minimum absolute atomic E-state index is 0.0370. The van der Waals surface area contributed by atoms with Gasteiger partial charge in [0.1, 0.15) is 11.3 Å². The molecular weight excluding hydrogens is 218 g/mol. The lowest BCUT2D eigenvalue weighted by molar-refractivity contribution is -0.159. The number of carbonyl (C=O) groups is 2. The monoisotopic (exact) mass is 237 g/mol. The third-order valence-electron chi connectivity index (χ3n) is 3.13. The first-order valence-electron chi connectivity index (χ1n) is 6.05. The maximum absolute atomic E-state index is 12.1. The Morgan fingerprint density at radius 3 is 2.59 bits per heavy atom. The van der Waals surface area contributed by atoms with Crippen LogP contribution < -0.4 is 0 Å². The average molecular weight is 237 g/mol. The van der Waals surface area contributed by atoms with Crippen LogP contribution in [-0.2, 0) is 14.3 Å². The number of β-lactam (4-membered cyclic amide) rings is 1. The molecule has 17 heavy (non-hydrogen) atoms. The number of amides is 1. The van der Waals surface area contributed by atoms with Crippen molar-refractivity contribution in [3.05, 3.63) is 11.3 Å². The summed E-state index contributed by atoms with van der Waals surface area (Å²) < 4.78 is 5.36. The highest BCUT2D eigenvalue weighted by atomic mass is 16.6. The Kier molecular flexibility index (Phi) is 2.76. The first-order valence-corrected chi connectivity index (χ1v) is 6.05. The summed E-state index contributed by atoms with van der Waals surface area (Å²) in [7, 11) is 0. The van der Waals surface area contributed by atoms with E-state index in [0.29, 0.717) is 12.1 Å². The second-order valence-electron chi connectivity index (χ2n) is 5.79. The lowest BCUT2D eigenvalue weighted by Gasteiger charge is -2.45. The van der Waals surface area contributed by atoms with Crippen molar-refractivity contribution in [2.24, 2.45) is 0 Å². The van der Waals surface area contributed by atoms with E-state index in [1.54, 1.807) is 4.90 Å². The van der Waals surface area contributed by atoms with E-state index in [9.17, 15) is 9.59 Å². The van der Waals surface area contributed by atoms with Crippen LogP contribution in [0, 0.1) is 0 Å². The fraction of sp³-hybridized carbons (Fsp3) is 0.692. The first kappa shape index (κ1) is 12.1. The van der Waals surface area contributed by atoms with E-state index < -0.39 is 5.60 Å². The normalized spacial score (nSPS) is 24.4. The molecule has 0 aromatic heterocycles. The van der Waals surface area contributed by atoms with Gasteiger partial charge in [-0.1, -0.05) is 0 Å². The van der Waals surface area contributed by atoms with Crippen molar-refractivity contribution in [2.75, 3.05) is 0 Å². The summed E-state index contributed by atoms with van der Waals surface area (Å²) in [4.78, 5) is 25.3. The molecule has 94 valence electrons. The second-order valence-corrected chi connectivity index (χ2v) is 5.79. The number of allylic oxidation sites excluding steroid dienone is 1. The van der Waals surface area contributed by atoms with Crippen molar-refractivity contribution in [3.8, 4) is 0 Å². The lowest BCUT2D eigenvalue weighted by Crippen LogP contribution is -2.55.